The molecule has 0 aliphatic rings. The molecule has 106 valence electrons. The molecule has 21 heavy (non-hydrogen) atoms. The van der Waals surface area contributed by atoms with Gasteiger partial charge in [-0.25, -0.2) is 8.78 Å². The van der Waals surface area contributed by atoms with E-state index in [2.05, 4.69) is 5.32 Å². The number of benzene rings is 2. The van der Waals surface area contributed by atoms with Crippen molar-refractivity contribution in [3.63, 3.8) is 0 Å². The molecule has 6 heteroatoms. The Morgan fingerprint density at radius 1 is 1.19 bits per heavy atom. The van der Waals surface area contributed by atoms with Crippen LogP contribution in [0.15, 0.2) is 36.4 Å². The van der Waals surface area contributed by atoms with Crippen molar-refractivity contribution in [1.29, 1.82) is 5.26 Å². The van der Waals surface area contributed by atoms with Crippen LogP contribution in [0, 0.1) is 23.0 Å². The number of methoxy groups -OCH3 is 1. The summed E-state index contributed by atoms with van der Waals surface area (Å²) in [6.45, 7) is 0. The first kappa shape index (κ1) is 14.5. The zero-order chi connectivity index (χ0) is 15.4. The van der Waals surface area contributed by atoms with Gasteiger partial charge in [-0.05, 0) is 30.3 Å². The second-order valence-electron chi connectivity index (χ2n) is 4.11. The maximum atomic E-state index is 13.7. The number of hydrogen-bond donors (Lipinski definition) is 1. The minimum atomic E-state index is -0.793. The fraction of sp³-hybridized carbons (Fsp3) is 0.0667. The lowest BCUT2D eigenvalue weighted by molar-refractivity contribution is 0.102. The van der Waals surface area contributed by atoms with Gasteiger partial charge in [0.15, 0.2) is 0 Å². The number of hydrogen-bond acceptors (Lipinski definition) is 3. The van der Waals surface area contributed by atoms with Gasteiger partial charge in [-0.2, -0.15) is 5.26 Å². The number of anilines is 1. The normalized spacial score (nSPS) is 9.81. The molecular formula is C15H10F2N2O2. The van der Waals surface area contributed by atoms with Crippen molar-refractivity contribution >= 4 is 11.6 Å². The largest absolute Gasteiger partial charge is 0.497 e. The first-order valence-electron chi connectivity index (χ1n) is 5.89. The van der Waals surface area contributed by atoms with E-state index < -0.39 is 17.5 Å². The van der Waals surface area contributed by atoms with Crippen molar-refractivity contribution in [2.24, 2.45) is 0 Å². The molecule has 0 fully saturated rings. The highest BCUT2D eigenvalue weighted by Gasteiger charge is 2.14. The molecule has 0 atom stereocenters. The monoisotopic (exact) mass is 288 g/mol. The third-order valence-corrected chi connectivity index (χ3v) is 2.77. The summed E-state index contributed by atoms with van der Waals surface area (Å²) in [6, 6.07) is 9.08. The molecule has 2 rings (SSSR count). The molecule has 0 radical (unpaired) electrons. The van der Waals surface area contributed by atoms with Crippen molar-refractivity contribution in [2.45, 2.75) is 0 Å². The molecule has 0 aliphatic carbocycles. The molecule has 4 nitrogen and oxygen atoms in total. The SMILES string of the molecule is COc1ccc(C(=O)Nc2ccc(C#N)cc2F)c(F)c1. The van der Waals surface area contributed by atoms with Crippen LogP contribution < -0.4 is 10.1 Å². The summed E-state index contributed by atoms with van der Waals surface area (Å²) in [5, 5.41) is 10.9. The average molecular weight is 288 g/mol. The number of nitriles is 1. The smallest absolute Gasteiger partial charge is 0.258 e. The molecule has 0 aromatic heterocycles. The Morgan fingerprint density at radius 3 is 2.52 bits per heavy atom. The van der Waals surface area contributed by atoms with Gasteiger partial charge in [0.1, 0.15) is 17.4 Å². The van der Waals surface area contributed by atoms with Gasteiger partial charge in [0.25, 0.3) is 5.91 Å². The fourth-order valence-corrected chi connectivity index (χ4v) is 1.68. The van der Waals surface area contributed by atoms with E-state index in [1.807, 2.05) is 0 Å². The van der Waals surface area contributed by atoms with Crippen molar-refractivity contribution in [3.8, 4) is 11.8 Å². The average Bonchev–Trinajstić information content (AvgIpc) is 2.48. The van der Waals surface area contributed by atoms with Crippen molar-refractivity contribution < 1.29 is 18.3 Å². The molecule has 1 amide bonds. The van der Waals surface area contributed by atoms with Crippen LogP contribution in [-0.4, -0.2) is 13.0 Å². The Bertz CT molecular complexity index is 739. The number of halogens is 2. The molecule has 0 heterocycles. The van der Waals surface area contributed by atoms with Crippen LogP contribution in [0.3, 0.4) is 0 Å². The van der Waals surface area contributed by atoms with Gasteiger partial charge in [0.05, 0.1) is 30.0 Å². The molecule has 2 aromatic carbocycles. The summed E-state index contributed by atoms with van der Waals surface area (Å²) in [7, 11) is 1.38. The Hall–Kier alpha value is -2.94. The Kier molecular flexibility index (Phi) is 4.14. The second kappa shape index (κ2) is 6.01. The van der Waals surface area contributed by atoms with E-state index >= 15 is 0 Å². The summed E-state index contributed by atoms with van der Waals surface area (Å²) in [5.74, 6) is -2.07. The number of rotatable bonds is 3. The molecule has 2 aromatic rings. The minimum Gasteiger partial charge on any atom is -0.497 e. The molecule has 0 saturated heterocycles. The molecular weight excluding hydrogens is 278 g/mol. The minimum absolute atomic E-state index is 0.126. The number of nitrogens with one attached hydrogen (secondary N) is 1. The van der Waals surface area contributed by atoms with Crippen LogP contribution in [0.4, 0.5) is 14.5 Å². The summed E-state index contributed by atoms with van der Waals surface area (Å²) < 4.78 is 32.2. The van der Waals surface area contributed by atoms with Crippen molar-refractivity contribution in [3.05, 3.63) is 59.2 Å². The number of ether oxygens (including phenoxy) is 1. The predicted octanol–water partition coefficient (Wildman–Crippen LogP) is 3.10. The summed E-state index contributed by atoms with van der Waals surface area (Å²) in [6.07, 6.45) is 0. The first-order valence-corrected chi connectivity index (χ1v) is 5.89. The van der Waals surface area contributed by atoms with Gasteiger partial charge >= 0.3 is 0 Å². The zero-order valence-corrected chi connectivity index (χ0v) is 11.0. The Balaban J connectivity index is 2.24. The van der Waals surface area contributed by atoms with Gasteiger partial charge in [0.2, 0.25) is 0 Å². The van der Waals surface area contributed by atoms with Crippen LogP contribution in [0.25, 0.3) is 0 Å². The van der Waals surface area contributed by atoms with Crippen LogP contribution >= 0.6 is 0 Å². The topological polar surface area (TPSA) is 62.1 Å². The maximum Gasteiger partial charge on any atom is 0.258 e. The third kappa shape index (κ3) is 3.15. The van der Waals surface area contributed by atoms with Gasteiger partial charge < -0.3 is 10.1 Å². The molecule has 0 aliphatic heterocycles. The van der Waals surface area contributed by atoms with Gasteiger partial charge in [0, 0.05) is 6.07 Å². The van der Waals surface area contributed by atoms with Crippen LogP contribution in [-0.2, 0) is 0 Å². The van der Waals surface area contributed by atoms with E-state index in [0.717, 1.165) is 12.1 Å². The number of amides is 1. The van der Waals surface area contributed by atoms with Crippen LogP contribution in [0.5, 0.6) is 5.75 Å². The number of carbonyl (C=O) groups excluding carboxylic acids is 1. The molecule has 0 unspecified atom stereocenters. The summed E-state index contributed by atoms with van der Waals surface area (Å²) in [4.78, 5) is 11.9. The number of nitrogens with zero attached hydrogens (tertiary/aromatic N) is 1. The molecule has 1 N–H and O–H groups in total. The summed E-state index contributed by atoms with van der Waals surface area (Å²) in [5.41, 5.74) is -0.241. The highest BCUT2D eigenvalue weighted by atomic mass is 19.1. The zero-order valence-electron chi connectivity index (χ0n) is 11.0. The van der Waals surface area contributed by atoms with Crippen molar-refractivity contribution in [1.82, 2.24) is 0 Å². The lowest BCUT2D eigenvalue weighted by atomic mass is 10.1. The van der Waals surface area contributed by atoms with Gasteiger partial charge in [-0.15, -0.1) is 0 Å². The maximum absolute atomic E-state index is 13.7. The van der Waals surface area contributed by atoms with E-state index in [4.69, 9.17) is 10.00 Å². The Morgan fingerprint density at radius 2 is 1.95 bits per heavy atom. The molecule has 0 saturated carbocycles. The van der Waals surface area contributed by atoms with E-state index in [9.17, 15) is 13.6 Å². The van der Waals surface area contributed by atoms with Crippen molar-refractivity contribution in [2.75, 3.05) is 12.4 Å². The lowest BCUT2D eigenvalue weighted by Gasteiger charge is -2.08. The highest BCUT2D eigenvalue weighted by Crippen LogP contribution is 2.20. The quantitative estimate of drug-likeness (QED) is 0.944. The number of carbonyl (C=O) groups is 1. The fourth-order valence-electron chi connectivity index (χ4n) is 1.68. The van der Waals surface area contributed by atoms with Crippen LogP contribution in [0.2, 0.25) is 0 Å². The standard InChI is InChI=1S/C15H10F2N2O2/c1-21-10-3-4-11(12(16)7-10)15(20)19-14-5-2-9(8-18)6-13(14)17/h2-7H,1H3,(H,19,20). The molecule has 0 spiro atoms. The van der Waals surface area contributed by atoms with E-state index in [1.165, 1.54) is 31.4 Å². The third-order valence-electron chi connectivity index (χ3n) is 2.77. The predicted molar refractivity (Wildman–Crippen MR) is 72.0 cm³/mol. The van der Waals surface area contributed by atoms with Crippen LogP contribution in [0.1, 0.15) is 15.9 Å². The highest BCUT2D eigenvalue weighted by molar-refractivity contribution is 6.04. The Labute approximate surface area is 119 Å². The van der Waals surface area contributed by atoms with E-state index in [0.29, 0.717) is 0 Å². The second-order valence-corrected chi connectivity index (χ2v) is 4.11. The first-order chi connectivity index (χ1) is 10.0. The lowest BCUT2D eigenvalue weighted by Crippen LogP contribution is -2.14. The van der Waals surface area contributed by atoms with E-state index in [1.54, 1.807) is 6.07 Å². The van der Waals surface area contributed by atoms with Gasteiger partial charge in [-0.3, -0.25) is 4.79 Å². The van der Waals surface area contributed by atoms with E-state index in [-0.39, 0.29) is 22.6 Å². The molecule has 0 bridgehead atoms. The van der Waals surface area contributed by atoms with Gasteiger partial charge in [-0.1, -0.05) is 0 Å². The summed E-state index contributed by atoms with van der Waals surface area (Å²) >= 11 is 0.